The topological polar surface area (TPSA) is 124 Å². The number of hydrogen-bond donors (Lipinski definition) is 2. The van der Waals surface area contributed by atoms with E-state index in [1.807, 2.05) is 11.4 Å². The Morgan fingerprint density at radius 1 is 1.00 bits per heavy atom. The highest BCUT2D eigenvalue weighted by atomic mass is 19.3. The molecule has 4 aromatic rings. The molecule has 0 aliphatic carbocycles. The zero-order valence-corrected chi connectivity index (χ0v) is 19.0. The number of alkyl halides is 2. The fraction of sp³-hybridized carbons (Fsp3) is 0.167. The summed E-state index contributed by atoms with van der Waals surface area (Å²) < 4.78 is 34.4. The van der Waals surface area contributed by atoms with Crippen molar-refractivity contribution in [2.24, 2.45) is 7.05 Å². The number of rotatable bonds is 9. The molecule has 0 saturated carbocycles. The van der Waals surface area contributed by atoms with Crippen LogP contribution in [0.3, 0.4) is 0 Å². The number of nitrogens with zero attached hydrogens (tertiary/aromatic N) is 5. The Hall–Kier alpha value is -4.74. The first-order valence-electron chi connectivity index (χ1n) is 10.8. The lowest BCUT2D eigenvalue weighted by Gasteiger charge is -2.17. The van der Waals surface area contributed by atoms with Crippen molar-refractivity contribution < 1.29 is 23.1 Å². The molecule has 0 radical (unpaired) electrons. The molecule has 1 unspecified atom stereocenters. The monoisotopic (exact) mass is 493 g/mol. The Labute approximate surface area is 204 Å². The van der Waals surface area contributed by atoms with Crippen molar-refractivity contribution in [1.29, 1.82) is 0 Å². The molecule has 0 fully saturated rings. The molecule has 2 amide bonds. The molecular weight excluding hydrogens is 472 g/mol. The lowest BCUT2D eigenvalue weighted by Crippen LogP contribution is -2.40. The van der Waals surface area contributed by atoms with E-state index in [-0.39, 0.29) is 18.1 Å². The highest BCUT2D eigenvalue weighted by Gasteiger charge is 2.42. The normalized spacial score (nSPS) is 12.0. The van der Waals surface area contributed by atoms with Gasteiger partial charge in [0.2, 0.25) is 5.91 Å². The molecule has 12 heteroatoms. The first kappa shape index (κ1) is 24.4. The van der Waals surface area contributed by atoms with E-state index in [0.717, 1.165) is 0 Å². The van der Waals surface area contributed by atoms with E-state index in [2.05, 4.69) is 30.6 Å². The largest absolute Gasteiger partial charge is 0.482 e. The van der Waals surface area contributed by atoms with E-state index in [9.17, 15) is 18.4 Å². The Morgan fingerprint density at radius 3 is 2.36 bits per heavy atom. The highest BCUT2D eigenvalue weighted by Crippen LogP contribution is 2.24. The quantitative estimate of drug-likeness (QED) is 0.367. The van der Waals surface area contributed by atoms with E-state index in [4.69, 9.17) is 0 Å². The number of tetrazole rings is 1. The smallest absolute Gasteiger partial charge is 0.425 e. The summed E-state index contributed by atoms with van der Waals surface area (Å²) in [4.78, 5) is 29.3. The van der Waals surface area contributed by atoms with Crippen LogP contribution in [0.1, 0.15) is 23.0 Å². The number of benzene rings is 2. The minimum atomic E-state index is -4.12. The van der Waals surface area contributed by atoms with Crippen LogP contribution in [0, 0.1) is 0 Å². The Bertz CT molecular complexity index is 1330. The second kappa shape index (κ2) is 10.7. The molecule has 0 aliphatic heterocycles. The van der Waals surface area contributed by atoms with Crippen LogP contribution >= 0.6 is 0 Å². The van der Waals surface area contributed by atoms with E-state index in [1.54, 1.807) is 43.4 Å². The van der Waals surface area contributed by atoms with Gasteiger partial charge in [0.05, 0.1) is 12.2 Å². The van der Waals surface area contributed by atoms with E-state index in [1.165, 1.54) is 41.1 Å². The number of nitrogens with one attached hydrogen (secondary N) is 2. The third-order valence-electron chi connectivity index (χ3n) is 5.05. The number of carbonyl (C=O) groups excluding carboxylic acids is 2. The van der Waals surface area contributed by atoms with Crippen molar-refractivity contribution in [1.82, 2.24) is 30.5 Å². The van der Waals surface area contributed by atoms with Gasteiger partial charge < -0.3 is 15.4 Å². The number of halogens is 2. The highest BCUT2D eigenvalue weighted by molar-refractivity contribution is 5.94. The lowest BCUT2D eigenvalue weighted by molar-refractivity contribution is -0.187. The van der Waals surface area contributed by atoms with Gasteiger partial charge in [0.1, 0.15) is 17.5 Å². The summed E-state index contributed by atoms with van der Waals surface area (Å²) in [6.45, 7) is -0.0337. The first-order valence-corrected chi connectivity index (χ1v) is 10.8. The number of carbonyl (C=O) groups is 2. The van der Waals surface area contributed by atoms with Crippen molar-refractivity contribution in [3.63, 3.8) is 0 Å². The second-order valence-corrected chi connectivity index (χ2v) is 7.62. The molecule has 0 spiro atoms. The van der Waals surface area contributed by atoms with Gasteiger partial charge in [0.25, 0.3) is 0 Å². The standard InChI is InChI=1S/C24H21F2N7O3/c1-33-21(30-31-32-33)20(16-9-4-2-5-10-16)22(34)27-15-17-11-8-14-19(28-17)29-23(35)24(25,26)36-18-12-6-3-7-13-18/h2-14,20H,15H2,1H3,(H,27,34)(H,28,29,35). The SMILES string of the molecule is Cn1nnnc1C(C(=O)NCc1cccc(NC(=O)C(F)(F)Oc2ccccc2)n1)c1ccccc1. The zero-order valence-electron chi connectivity index (χ0n) is 19.0. The molecule has 2 aromatic carbocycles. The van der Waals surface area contributed by atoms with Gasteiger partial charge in [-0.3, -0.25) is 9.59 Å². The van der Waals surface area contributed by atoms with Crippen LogP contribution in [0.4, 0.5) is 14.6 Å². The lowest BCUT2D eigenvalue weighted by atomic mass is 9.97. The summed E-state index contributed by atoms with van der Waals surface area (Å²) in [5, 5.41) is 16.2. The number of ether oxygens (including phenoxy) is 1. The van der Waals surface area contributed by atoms with Crippen LogP contribution in [0.25, 0.3) is 0 Å². The van der Waals surface area contributed by atoms with Crippen LogP contribution in [-0.2, 0) is 23.2 Å². The van der Waals surface area contributed by atoms with Crippen LogP contribution in [0.2, 0.25) is 0 Å². The molecular formula is C24H21F2N7O3. The van der Waals surface area contributed by atoms with Crippen LogP contribution < -0.4 is 15.4 Å². The molecule has 36 heavy (non-hydrogen) atoms. The second-order valence-electron chi connectivity index (χ2n) is 7.62. The summed E-state index contributed by atoms with van der Waals surface area (Å²) >= 11 is 0. The van der Waals surface area contributed by atoms with Gasteiger partial charge >= 0.3 is 12.0 Å². The average Bonchev–Trinajstić information content (AvgIpc) is 3.29. The maximum atomic E-state index is 14.2. The maximum absolute atomic E-state index is 14.2. The molecule has 184 valence electrons. The molecule has 0 saturated heterocycles. The van der Waals surface area contributed by atoms with Crippen molar-refractivity contribution in [2.45, 2.75) is 18.6 Å². The van der Waals surface area contributed by atoms with Crippen molar-refractivity contribution >= 4 is 17.6 Å². The molecule has 2 aromatic heterocycles. The maximum Gasteiger partial charge on any atom is 0.482 e. The summed E-state index contributed by atoms with van der Waals surface area (Å²) in [6.07, 6.45) is -4.12. The van der Waals surface area contributed by atoms with Crippen LogP contribution in [-0.4, -0.2) is 43.1 Å². The molecule has 10 nitrogen and oxygen atoms in total. The number of aromatic nitrogens is 5. The minimum Gasteiger partial charge on any atom is -0.425 e. The summed E-state index contributed by atoms with van der Waals surface area (Å²) in [5.74, 6) is -2.80. The number of pyridine rings is 1. The summed E-state index contributed by atoms with van der Waals surface area (Å²) in [6, 6.07) is 20.7. The fourth-order valence-corrected chi connectivity index (χ4v) is 3.34. The van der Waals surface area contributed by atoms with Gasteiger partial charge in [-0.05, 0) is 40.3 Å². The van der Waals surface area contributed by atoms with Gasteiger partial charge in [0, 0.05) is 7.05 Å². The molecule has 0 bridgehead atoms. The van der Waals surface area contributed by atoms with Crippen molar-refractivity contribution in [3.8, 4) is 5.75 Å². The number of para-hydroxylation sites is 1. The number of aryl methyl sites for hydroxylation is 1. The number of hydrogen-bond acceptors (Lipinski definition) is 7. The fourth-order valence-electron chi connectivity index (χ4n) is 3.34. The third kappa shape index (κ3) is 5.84. The number of amides is 2. The Morgan fingerprint density at radius 2 is 1.69 bits per heavy atom. The number of anilines is 1. The Kier molecular flexibility index (Phi) is 7.23. The van der Waals surface area contributed by atoms with E-state index in [0.29, 0.717) is 17.1 Å². The van der Waals surface area contributed by atoms with Gasteiger partial charge in [-0.2, -0.15) is 8.78 Å². The van der Waals surface area contributed by atoms with Crippen LogP contribution in [0.5, 0.6) is 5.75 Å². The molecule has 2 heterocycles. The van der Waals surface area contributed by atoms with E-state index >= 15 is 0 Å². The van der Waals surface area contributed by atoms with Crippen LogP contribution in [0.15, 0.2) is 78.9 Å². The molecule has 2 N–H and O–H groups in total. The predicted octanol–water partition coefficient (Wildman–Crippen LogP) is 2.66. The predicted molar refractivity (Wildman–Crippen MR) is 124 cm³/mol. The molecule has 4 rings (SSSR count). The first-order chi connectivity index (χ1) is 17.3. The summed E-state index contributed by atoms with van der Waals surface area (Å²) in [5.41, 5.74) is 1.01. The third-order valence-corrected chi connectivity index (χ3v) is 5.05. The zero-order chi connectivity index (χ0) is 25.5. The Balaban J connectivity index is 1.43. The van der Waals surface area contributed by atoms with Crippen molar-refractivity contribution in [2.75, 3.05) is 5.32 Å². The molecule has 1 atom stereocenters. The van der Waals surface area contributed by atoms with Gasteiger partial charge in [-0.15, -0.1) is 5.10 Å². The van der Waals surface area contributed by atoms with Gasteiger partial charge in [-0.25, -0.2) is 9.67 Å². The minimum absolute atomic E-state index is 0.0337. The van der Waals surface area contributed by atoms with E-state index < -0.39 is 23.8 Å². The average molecular weight is 493 g/mol. The van der Waals surface area contributed by atoms with Crippen molar-refractivity contribution in [3.05, 3.63) is 95.9 Å². The van der Waals surface area contributed by atoms with Gasteiger partial charge in [0.15, 0.2) is 5.82 Å². The van der Waals surface area contributed by atoms with Gasteiger partial charge in [-0.1, -0.05) is 54.6 Å². The summed E-state index contributed by atoms with van der Waals surface area (Å²) in [7, 11) is 1.63. The molecule has 0 aliphatic rings.